The minimum Gasteiger partial charge on any atom is -0.357 e. The maximum Gasteiger partial charge on any atom is 0.270 e. The van der Waals surface area contributed by atoms with Crippen LogP contribution < -0.4 is 0 Å². The molecule has 0 radical (unpaired) electrons. The Morgan fingerprint density at radius 2 is 1.95 bits per heavy atom. The zero-order chi connectivity index (χ0) is 16.0. The third-order valence-corrected chi connectivity index (χ3v) is 3.52. The molecule has 1 N–H and O–H groups in total. The number of carbonyl (C=O) groups is 2. The molecule has 5 heteroatoms. The second-order valence-corrected chi connectivity index (χ2v) is 5.37. The Bertz CT molecular complexity index is 454. The molecule has 21 heavy (non-hydrogen) atoms. The van der Waals surface area contributed by atoms with E-state index in [2.05, 4.69) is 4.98 Å². The Morgan fingerprint density at radius 1 is 1.29 bits per heavy atom. The highest BCUT2D eigenvalue weighted by molar-refractivity contribution is 5.92. The van der Waals surface area contributed by atoms with Crippen molar-refractivity contribution >= 4 is 11.8 Å². The maximum absolute atomic E-state index is 12.3. The van der Waals surface area contributed by atoms with Gasteiger partial charge in [0, 0.05) is 37.8 Å². The summed E-state index contributed by atoms with van der Waals surface area (Å²) in [7, 11) is 0. The number of nitrogens with one attached hydrogen (secondary N) is 1. The van der Waals surface area contributed by atoms with Crippen molar-refractivity contribution in [2.75, 3.05) is 19.6 Å². The molecule has 2 amide bonds. The lowest BCUT2D eigenvalue weighted by molar-refractivity contribution is -0.136. The topological polar surface area (TPSA) is 56.4 Å². The van der Waals surface area contributed by atoms with E-state index in [4.69, 9.17) is 0 Å². The van der Waals surface area contributed by atoms with Crippen molar-refractivity contribution in [1.82, 2.24) is 14.8 Å². The van der Waals surface area contributed by atoms with E-state index in [-0.39, 0.29) is 23.8 Å². The third kappa shape index (κ3) is 4.09. The molecule has 0 bridgehead atoms. The molecule has 1 aliphatic rings. The molecular formula is C16H27N3O2. The lowest BCUT2D eigenvalue weighted by atomic mass is 10.1. The Labute approximate surface area is 127 Å². The zero-order valence-corrected chi connectivity index (χ0v) is 13.7. The molecule has 0 saturated carbocycles. The second-order valence-electron chi connectivity index (χ2n) is 5.37. The number of aromatic amines is 1. The molecular weight excluding hydrogens is 266 g/mol. The van der Waals surface area contributed by atoms with Gasteiger partial charge in [-0.25, -0.2) is 0 Å². The number of piperazine rings is 1. The van der Waals surface area contributed by atoms with Crippen molar-refractivity contribution in [3.63, 3.8) is 0 Å². The zero-order valence-electron chi connectivity index (χ0n) is 13.7. The molecule has 0 spiro atoms. The number of amides is 2. The summed E-state index contributed by atoms with van der Waals surface area (Å²) < 4.78 is 0. The van der Waals surface area contributed by atoms with E-state index < -0.39 is 0 Å². The average molecular weight is 293 g/mol. The van der Waals surface area contributed by atoms with Gasteiger partial charge in [-0.05, 0) is 19.1 Å². The van der Waals surface area contributed by atoms with Crippen molar-refractivity contribution in [3.8, 4) is 0 Å². The lowest BCUT2D eigenvalue weighted by Crippen LogP contribution is -2.56. The van der Waals surface area contributed by atoms with Crippen molar-refractivity contribution in [3.05, 3.63) is 24.0 Å². The standard InChI is InChI=1S/C14H21N3O2.C2H6/c1-10(2)13(18)16-7-8-17(11(3)9-16)14(19)12-5-4-6-15-12;1-2/h4-6,10-11,15H,7-9H2,1-3H3;1-2H3. The fourth-order valence-electron chi connectivity index (χ4n) is 2.44. The predicted molar refractivity (Wildman–Crippen MR) is 84.1 cm³/mol. The number of nitrogens with zero attached hydrogens (tertiary/aromatic N) is 2. The van der Waals surface area contributed by atoms with Gasteiger partial charge in [-0.15, -0.1) is 0 Å². The normalized spacial score (nSPS) is 18.3. The summed E-state index contributed by atoms with van der Waals surface area (Å²) in [5.74, 6) is 0.186. The number of rotatable bonds is 2. The second kappa shape index (κ2) is 7.86. The van der Waals surface area contributed by atoms with Crippen molar-refractivity contribution in [2.24, 2.45) is 5.92 Å². The van der Waals surface area contributed by atoms with E-state index in [1.807, 2.05) is 50.5 Å². The summed E-state index contributed by atoms with van der Waals surface area (Å²) in [5.41, 5.74) is 0.607. The number of carbonyl (C=O) groups excluding carboxylic acids is 2. The summed E-state index contributed by atoms with van der Waals surface area (Å²) in [6.07, 6.45) is 1.75. The smallest absolute Gasteiger partial charge is 0.270 e. The summed E-state index contributed by atoms with van der Waals surface area (Å²) in [4.78, 5) is 30.9. The van der Waals surface area contributed by atoms with Crippen LogP contribution >= 0.6 is 0 Å². The summed E-state index contributed by atoms with van der Waals surface area (Å²) in [6.45, 7) is 11.6. The van der Waals surface area contributed by atoms with Gasteiger partial charge in [-0.1, -0.05) is 27.7 Å². The highest BCUT2D eigenvalue weighted by Gasteiger charge is 2.31. The first-order valence-electron chi connectivity index (χ1n) is 7.74. The Hall–Kier alpha value is -1.78. The molecule has 0 aromatic carbocycles. The van der Waals surface area contributed by atoms with E-state index in [0.29, 0.717) is 25.3 Å². The predicted octanol–water partition coefficient (Wildman–Crippen LogP) is 2.37. The van der Waals surface area contributed by atoms with Gasteiger partial charge in [-0.2, -0.15) is 0 Å². The van der Waals surface area contributed by atoms with Crippen molar-refractivity contribution < 1.29 is 9.59 Å². The van der Waals surface area contributed by atoms with Gasteiger partial charge < -0.3 is 14.8 Å². The molecule has 0 aliphatic carbocycles. The third-order valence-electron chi connectivity index (χ3n) is 3.52. The Kier molecular flexibility index (Phi) is 6.46. The SMILES string of the molecule is CC.CC(C)C(=O)N1CCN(C(=O)c2ccc[nH]2)C(C)C1. The number of hydrogen-bond donors (Lipinski definition) is 1. The molecule has 118 valence electrons. The van der Waals surface area contributed by atoms with Gasteiger partial charge >= 0.3 is 0 Å². The maximum atomic E-state index is 12.3. The van der Waals surface area contributed by atoms with Crippen LogP contribution in [0.1, 0.15) is 45.1 Å². The first kappa shape index (κ1) is 17.3. The van der Waals surface area contributed by atoms with Gasteiger partial charge in [0.15, 0.2) is 0 Å². The summed E-state index contributed by atoms with van der Waals surface area (Å²) >= 11 is 0. The van der Waals surface area contributed by atoms with Gasteiger partial charge in [-0.3, -0.25) is 9.59 Å². The van der Waals surface area contributed by atoms with E-state index in [1.54, 1.807) is 12.3 Å². The summed E-state index contributed by atoms with van der Waals surface area (Å²) in [5, 5.41) is 0. The summed E-state index contributed by atoms with van der Waals surface area (Å²) in [6, 6.07) is 3.64. The monoisotopic (exact) mass is 293 g/mol. The molecule has 2 rings (SSSR count). The van der Waals surface area contributed by atoms with Crippen LogP contribution in [0, 0.1) is 5.92 Å². The highest BCUT2D eigenvalue weighted by atomic mass is 16.2. The number of hydrogen-bond acceptors (Lipinski definition) is 2. The first-order chi connectivity index (χ1) is 10.0. The van der Waals surface area contributed by atoms with Crippen LogP contribution in [-0.2, 0) is 4.79 Å². The van der Waals surface area contributed by atoms with Crippen LogP contribution in [0.25, 0.3) is 0 Å². The van der Waals surface area contributed by atoms with Crippen LogP contribution in [0.5, 0.6) is 0 Å². The van der Waals surface area contributed by atoms with E-state index in [9.17, 15) is 9.59 Å². The molecule has 1 aromatic rings. The van der Waals surface area contributed by atoms with Crippen LogP contribution in [0.2, 0.25) is 0 Å². The minimum absolute atomic E-state index is 0.00847. The van der Waals surface area contributed by atoms with Crippen molar-refractivity contribution in [2.45, 2.75) is 40.7 Å². The van der Waals surface area contributed by atoms with Crippen LogP contribution in [0.4, 0.5) is 0 Å². The fourth-order valence-corrected chi connectivity index (χ4v) is 2.44. The van der Waals surface area contributed by atoms with E-state index in [1.165, 1.54) is 0 Å². The van der Waals surface area contributed by atoms with Crippen molar-refractivity contribution in [1.29, 1.82) is 0 Å². The first-order valence-corrected chi connectivity index (χ1v) is 7.74. The Morgan fingerprint density at radius 3 is 2.43 bits per heavy atom. The molecule has 1 unspecified atom stereocenters. The molecule has 1 atom stereocenters. The van der Waals surface area contributed by atoms with E-state index >= 15 is 0 Å². The van der Waals surface area contributed by atoms with Gasteiger partial charge in [0.1, 0.15) is 5.69 Å². The molecule has 1 fully saturated rings. The molecule has 1 aromatic heterocycles. The largest absolute Gasteiger partial charge is 0.357 e. The fraction of sp³-hybridized carbons (Fsp3) is 0.625. The van der Waals surface area contributed by atoms with Gasteiger partial charge in [0.2, 0.25) is 5.91 Å². The van der Waals surface area contributed by atoms with Crippen LogP contribution in [0.3, 0.4) is 0 Å². The number of aromatic nitrogens is 1. The highest BCUT2D eigenvalue weighted by Crippen LogP contribution is 2.15. The molecule has 1 aliphatic heterocycles. The lowest BCUT2D eigenvalue weighted by Gasteiger charge is -2.40. The average Bonchev–Trinajstić information content (AvgIpc) is 3.02. The quantitative estimate of drug-likeness (QED) is 0.910. The minimum atomic E-state index is 0.00847. The van der Waals surface area contributed by atoms with E-state index in [0.717, 1.165) is 0 Å². The molecule has 1 saturated heterocycles. The van der Waals surface area contributed by atoms with Gasteiger partial charge in [0.05, 0.1) is 0 Å². The molecule has 2 heterocycles. The van der Waals surface area contributed by atoms with Crippen LogP contribution in [-0.4, -0.2) is 52.3 Å². The Balaban J connectivity index is 0.00000106. The van der Waals surface area contributed by atoms with Crippen LogP contribution in [0.15, 0.2) is 18.3 Å². The van der Waals surface area contributed by atoms with Gasteiger partial charge in [0.25, 0.3) is 5.91 Å². The molecule has 5 nitrogen and oxygen atoms in total. The number of H-pyrrole nitrogens is 1.